The summed E-state index contributed by atoms with van der Waals surface area (Å²) < 4.78 is 0. The molecule has 142 valence electrons. The molecule has 0 aliphatic carbocycles. The van der Waals surface area contributed by atoms with E-state index in [0.29, 0.717) is 16.8 Å². The Hall–Kier alpha value is -2.25. The lowest BCUT2D eigenvalue weighted by atomic mass is 9.79. The molecule has 1 aromatic heterocycles. The third-order valence-corrected chi connectivity index (χ3v) is 6.70. The minimum atomic E-state index is -0.0991. The Morgan fingerprint density at radius 3 is 2.52 bits per heavy atom. The molecule has 3 aliphatic heterocycles. The van der Waals surface area contributed by atoms with Gasteiger partial charge in [-0.1, -0.05) is 0 Å². The Labute approximate surface area is 163 Å². The minimum Gasteiger partial charge on any atom is -0.347 e. The van der Waals surface area contributed by atoms with Crippen molar-refractivity contribution in [1.82, 2.24) is 15.2 Å². The predicted octanol–water partition coefficient (Wildman–Crippen LogP) is 2.98. The van der Waals surface area contributed by atoms with Crippen LogP contribution in [0, 0.1) is 5.92 Å². The Morgan fingerprint density at radius 1 is 1.19 bits per heavy atom. The monoisotopic (exact) mass is 384 g/mol. The minimum absolute atomic E-state index is 0.0285. The molecule has 0 spiro atoms. The Bertz CT molecular complexity index is 838. The highest BCUT2D eigenvalue weighted by atomic mass is 32.1. The molecule has 2 amide bonds. The van der Waals surface area contributed by atoms with Gasteiger partial charge in [-0.3, -0.25) is 14.5 Å². The van der Waals surface area contributed by atoms with Crippen molar-refractivity contribution in [1.29, 1.82) is 0 Å². The first-order valence-electron chi connectivity index (χ1n) is 9.40. The molecule has 1 aromatic carbocycles. The maximum Gasteiger partial charge on any atom is 0.263 e. The van der Waals surface area contributed by atoms with Crippen molar-refractivity contribution in [2.45, 2.75) is 38.8 Å². The Kier molecular flexibility index (Phi) is 4.97. The highest BCUT2D eigenvalue weighted by Gasteiger charge is 2.40. The molecular weight excluding hydrogens is 360 g/mol. The van der Waals surface area contributed by atoms with Crippen LogP contribution < -0.4 is 10.6 Å². The van der Waals surface area contributed by atoms with Gasteiger partial charge in [-0.15, -0.1) is 11.3 Å². The van der Waals surface area contributed by atoms with E-state index >= 15 is 0 Å². The summed E-state index contributed by atoms with van der Waals surface area (Å²) in [6.07, 6.45) is 4.00. The van der Waals surface area contributed by atoms with Gasteiger partial charge in [0, 0.05) is 30.3 Å². The number of carbonyl (C=O) groups excluding carboxylic acids is 2. The normalized spacial score (nSPS) is 26.6. The number of nitrogens with zero attached hydrogens (tertiary/aromatic N) is 2. The highest BCUT2D eigenvalue weighted by molar-refractivity contribution is 7.16. The fraction of sp³-hybridized carbons (Fsp3) is 0.450. The van der Waals surface area contributed by atoms with Crippen LogP contribution in [0.1, 0.15) is 36.4 Å². The second kappa shape index (κ2) is 7.40. The fourth-order valence-electron chi connectivity index (χ4n) is 4.18. The molecule has 3 fully saturated rings. The van der Waals surface area contributed by atoms with E-state index in [1.807, 2.05) is 24.3 Å². The largest absolute Gasteiger partial charge is 0.347 e. The molecule has 3 saturated heterocycles. The van der Waals surface area contributed by atoms with E-state index in [9.17, 15) is 9.59 Å². The van der Waals surface area contributed by atoms with Crippen molar-refractivity contribution >= 4 is 28.8 Å². The van der Waals surface area contributed by atoms with E-state index in [0.717, 1.165) is 29.3 Å². The lowest BCUT2D eigenvalue weighted by Crippen LogP contribution is -2.62. The molecule has 2 atom stereocenters. The van der Waals surface area contributed by atoms with Crippen LogP contribution in [0.15, 0.2) is 30.5 Å². The van der Waals surface area contributed by atoms with Crippen LogP contribution >= 0.6 is 11.3 Å². The number of rotatable bonds is 4. The zero-order valence-electron chi connectivity index (χ0n) is 15.6. The van der Waals surface area contributed by atoms with Gasteiger partial charge < -0.3 is 10.6 Å². The topological polar surface area (TPSA) is 74.3 Å². The summed E-state index contributed by atoms with van der Waals surface area (Å²) in [5, 5.41) is 6.80. The number of piperidine rings is 3. The standard InChI is InChI=1S/C20H24N4O2S/c1-12-18(14-7-9-24(12)10-8-14)23-19(26)17-11-21-20(27-17)15-3-5-16(6-4-15)22-13(2)25/h3-6,11-12,14,18H,7-10H2,1-2H3,(H,22,25)(H,23,26)/t12-,18-/m0/s1. The number of anilines is 1. The number of hydrogen-bond acceptors (Lipinski definition) is 5. The number of thiazole rings is 1. The molecule has 2 N–H and O–H groups in total. The predicted molar refractivity (Wildman–Crippen MR) is 107 cm³/mol. The number of nitrogens with one attached hydrogen (secondary N) is 2. The molecular formula is C20H24N4O2S. The van der Waals surface area contributed by atoms with Crippen LogP contribution in [0.5, 0.6) is 0 Å². The Balaban J connectivity index is 1.44. The maximum atomic E-state index is 12.7. The first-order chi connectivity index (χ1) is 13.0. The number of aromatic nitrogens is 1. The molecule has 2 bridgehead atoms. The second-order valence-electron chi connectivity index (χ2n) is 7.40. The maximum absolute atomic E-state index is 12.7. The fourth-order valence-corrected chi connectivity index (χ4v) is 5.00. The number of carbonyl (C=O) groups is 2. The van der Waals surface area contributed by atoms with Crippen LogP contribution in [0.4, 0.5) is 5.69 Å². The molecule has 2 aromatic rings. The molecule has 0 unspecified atom stereocenters. The van der Waals surface area contributed by atoms with Crippen molar-refractivity contribution in [3.8, 4) is 10.6 Å². The van der Waals surface area contributed by atoms with Crippen molar-refractivity contribution in [2.24, 2.45) is 5.92 Å². The SMILES string of the molecule is CC(=O)Nc1ccc(-c2ncc(C(=O)N[C@@H]3C4CCN(CC4)[C@H]3C)s2)cc1. The smallest absolute Gasteiger partial charge is 0.263 e. The molecule has 3 aliphatic rings. The van der Waals surface area contributed by atoms with Gasteiger partial charge >= 0.3 is 0 Å². The number of hydrogen-bond donors (Lipinski definition) is 2. The van der Waals surface area contributed by atoms with Gasteiger partial charge in [-0.25, -0.2) is 4.98 Å². The molecule has 4 heterocycles. The van der Waals surface area contributed by atoms with Crippen LogP contribution in [0.3, 0.4) is 0 Å². The molecule has 0 saturated carbocycles. The van der Waals surface area contributed by atoms with Crippen LogP contribution in [-0.4, -0.2) is 46.9 Å². The van der Waals surface area contributed by atoms with E-state index in [4.69, 9.17) is 0 Å². The summed E-state index contributed by atoms with van der Waals surface area (Å²) in [4.78, 5) is 31.4. The van der Waals surface area contributed by atoms with Crippen molar-refractivity contribution < 1.29 is 9.59 Å². The van der Waals surface area contributed by atoms with Gasteiger partial charge in [0.05, 0.1) is 6.20 Å². The summed E-state index contributed by atoms with van der Waals surface area (Å²) in [5.74, 6) is 0.458. The number of amides is 2. The van der Waals surface area contributed by atoms with E-state index in [-0.39, 0.29) is 17.9 Å². The zero-order valence-corrected chi connectivity index (χ0v) is 16.4. The van der Waals surface area contributed by atoms with E-state index < -0.39 is 0 Å². The lowest BCUT2D eigenvalue weighted by molar-refractivity contribution is -0.114. The lowest BCUT2D eigenvalue weighted by Gasteiger charge is -2.49. The van der Waals surface area contributed by atoms with Gasteiger partial charge in [0.15, 0.2) is 0 Å². The molecule has 6 nitrogen and oxygen atoms in total. The first kappa shape index (κ1) is 18.1. The summed E-state index contributed by atoms with van der Waals surface area (Å²) >= 11 is 1.40. The quantitative estimate of drug-likeness (QED) is 0.850. The molecule has 5 rings (SSSR count). The van der Waals surface area contributed by atoms with Gasteiger partial charge in [0.25, 0.3) is 5.91 Å². The van der Waals surface area contributed by atoms with Gasteiger partial charge in [-0.2, -0.15) is 0 Å². The third-order valence-electron chi connectivity index (χ3n) is 5.66. The van der Waals surface area contributed by atoms with E-state index in [1.54, 1.807) is 6.20 Å². The summed E-state index contributed by atoms with van der Waals surface area (Å²) in [7, 11) is 0. The third kappa shape index (κ3) is 3.75. The van der Waals surface area contributed by atoms with Crippen molar-refractivity contribution in [3.05, 3.63) is 35.3 Å². The average molecular weight is 385 g/mol. The van der Waals surface area contributed by atoms with Crippen LogP contribution in [-0.2, 0) is 4.79 Å². The number of benzene rings is 1. The zero-order chi connectivity index (χ0) is 19.0. The van der Waals surface area contributed by atoms with E-state index in [2.05, 4.69) is 27.4 Å². The van der Waals surface area contributed by atoms with Crippen LogP contribution in [0.25, 0.3) is 10.6 Å². The van der Waals surface area contributed by atoms with Gasteiger partial charge in [-0.05, 0) is 63.0 Å². The van der Waals surface area contributed by atoms with Gasteiger partial charge in [0.2, 0.25) is 5.91 Å². The summed E-state index contributed by atoms with van der Waals surface area (Å²) in [6, 6.07) is 8.11. The van der Waals surface area contributed by atoms with Crippen molar-refractivity contribution in [2.75, 3.05) is 18.4 Å². The average Bonchev–Trinajstić information content (AvgIpc) is 3.15. The summed E-state index contributed by atoms with van der Waals surface area (Å²) in [5.41, 5.74) is 1.68. The number of fused-ring (bicyclic) bond motifs is 3. The highest BCUT2D eigenvalue weighted by Crippen LogP contribution is 2.33. The molecule has 0 radical (unpaired) electrons. The molecule has 27 heavy (non-hydrogen) atoms. The van der Waals surface area contributed by atoms with Gasteiger partial charge in [0.1, 0.15) is 9.88 Å². The second-order valence-corrected chi connectivity index (χ2v) is 8.43. The van der Waals surface area contributed by atoms with Crippen molar-refractivity contribution in [3.63, 3.8) is 0 Å². The Morgan fingerprint density at radius 2 is 1.89 bits per heavy atom. The summed E-state index contributed by atoms with van der Waals surface area (Å²) in [6.45, 7) is 6.00. The van der Waals surface area contributed by atoms with E-state index in [1.165, 1.54) is 31.1 Å². The first-order valence-corrected chi connectivity index (χ1v) is 10.2. The van der Waals surface area contributed by atoms with Crippen LogP contribution in [0.2, 0.25) is 0 Å². The molecule has 7 heteroatoms.